The Morgan fingerprint density at radius 2 is 1.92 bits per heavy atom. The summed E-state index contributed by atoms with van der Waals surface area (Å²) in [7, 11) is 0. The van der Waals surface area contributed by atoms with Gasteiger partial charge in [0.1, 0.15) is 0 Å². The maximum atomic E-state index is 12.9. The van der Waals surface area contributed by atoms with E-state index in [4.69, 9.17) is 12.2 Å². The largest absolute Gasteiger partial charge is 0.311 e. The zero-order valence-corrected chi connectivity index (χ0v) is 16.6. The molecule has 1 unspecified atom stereocenters. The second-order valence-corrected chi connectivity index (χ2v) is 9.22. The lowest BCUT2D eigenvalue weighted by atomic mass is 10.2. The Kier molecular flexibility index (Phi) is 4.93. The minimum Gasteiger partial charge on any atom is -0.311 e. The Morgan fingerprint density at radius 3 is 2.73 bits per heavy atom. The van der Waals surface area contributed by atoms with Crippen molar-refractivity contribution >= 4 is 46.9 Å². The predicted octanol–water partition coefficient (Wildman–Crippen LogP) is 4.73. The first kappa shape index (κ1) is 17.5. The number of hydrogen-bond acceptors (Lipinski definition) is 5. The number of thioether (sulfide) groups is 1. The molecule has 1 aromatic heterocycles. The molecule has 0 spiro atoms. The molecule has 2 heterocycles. The summed E-state index contributed by atoms with van der Waals surface area (Å²) >= 11 is 8.36. The van der Waals surface area contributed by atoms with Crippen LogP contribution in [0.4, 0.5) is 5.69 Å². The molecule has 2 aromatic carbocycles. The van der Waals surface area contributed by atoms with Gasteiger partial charge in [0.2, 0.25) is 5.91 Å². The minimum absolute atomic E-state index is 0.118. The summed E-state index contributed by atoms with van der Waals surface area (Å²) in [5, 5.41) is 4.38. The Bertz CT molecular complexity index is 997. The number of carbonyl (C=O) groups is 1. The van der Waals surface area contributed by atoms with Gasteiger partial charge in [-0.3, -0.25) is 4.79 Å². The fraction of sp³-hybridized carbons (Fsp3) is 0.211. The maximum Gasteiger partial charge on any atom is 0.240 e. The number of anilines is 1. The monoisotopic (exact) mass is 399 g/mol. The Balaban J connectivity index is 1.51. The highest BCUT2D eigenvalue weighted by molar-refractivity contribution is 8.02. The first-order chi connectivity index (χ1) is 12.6. The highest BCUT2D eigenvalue weighted by atomic mass is 32.2. The molecular formula is C19H17N3OS3. The molecule has 0 bridgehead atoms. The topological polar surface area (TPSA) is 38.1 Å². The van der Waals surface area contributed by atoms with E-state index in [0.29, 0.717) is 3.95 Å². The van der Waals surface area contributed by atoms with Crippen molar-refractivity contribution in [2.75, 3.05) is 11.4 Å². The van der Waals surface area contributed by atoms with Gasteiger partial charge in [0.15, 0.2) is 8.29 Å². The van der Waals surface area contributed by atoms with Crippen LogP contribution in [0.25, 0.3) is 5.69 Å². The quantitative estimate of drug-likeness (QED) is 0.469. The summed E-state index contributed by atoms with van der Waals surface area (Å²) < 4.78 is 3.25. The number of aromatic nitrogens is 2. The van der Waals surface area contributed by atoms with E-state index in [0.717, 1.165) is 28.7 Å². The molecule has 3 aromatic rings. The van der Waals surface area contributed by atoms with E-state index in [9.17, 15) is 4.79 Å². The van der Waals surface area contributed by atoms with Crippen LogP contribution in [0.3, 0.4) is 0 Å². The van der Waals surface area contributed by atoms with Crippen molar-refractivity contribution in [3.05, 3.63) is 64.1 Å². The summed E-state index contributed by atoms with van der Waals surface area (Å²) in [4.78, 5) is 14.8. The zero-order chi connectivity index (χ0) is 18.1. The number of benzene rings is 2. The minimum atomic E-state index is -0.217. The molecule has 4 nitrogen and oxygen atoms in total. The van der Waals surface area contributed by atoms with Crippen molar-refractivity contribution in [1.29, 1.82) is 0 Å². The number of fused-ring (bicyclic) bond motifs is 1. The number of para-hydroxylation sites is 2. The van der Waals surface area contributed by atoms with Gasteiger partial charge in [-0.15, -0.1) is 5.10 Å². The van der Waals surface area contributed by atoms with Crippen molar-refractivity contribution in [1.82, 2.24) is 9.78 Å². The molecule has 1 amide bonds. The van der Waals surface area contributed by atoms with Crippen molar-refractivity contribution in [2.45, 2.75) is 22.9 Å². The van der Waals surface area contributed by atoms with E-state index < -0.39 is 0 Å². The van der Waals surface area contributed by atoms with Crippen LogP contribution in [0.1, 0.15) is 12.5 Å². The van der Waals surface area contributed by atoms with Gasteiger partial charge >= 0.3 is 0 Å². The molecule has 7 heteroatoms. The number of rotatable bonds is 4. The standard InChI is InChI=1S/C19H17N3OS3/c1-13(17(23)21-12-11-14-7-5-6-10-16(14)21)25-18-20-22(19(24)26-18)15-8-3-2-4-9-15/h2-10,13H,11-12H2,1H3. The molecule has 4 rings (SSSR count). The van der Waals surface area contributed by atoms with Crippen LogP contribution in [-0.2, 0) is 11.2 Å². The molecule has 0 radical (unpaired) electrons. The Hall–Kier alpha value is -1.96. The predicted molar refractivity (Wildman–Crippen MR) is 110 cm³/mol. The Morgan fingerprint density at radius 1 is 1.19 bits per heavy atom. The average Bonchev–Trinajstić information content (AvgIpc) is 3.25. The molecule has 0 aliphatic carbocycles. The highest BCUT2D eigenvalue weighted by Crippen LogP contribution is 2.33. The molecule has 0 fully saturated rings. The number of carbonyl (C=O) groups excluding carboxylic acids is 1. The smallest absolute Gasteiger partial charge is 0.240 e. The molecule has 132 valence electrons. The summed E-state index contributed by atoms with van der Waals surface area (Å²) in [6.07, 6.45) is 0.918. The van der Waals surface area contributed by atoms with Crippen LogP contribution in [0.15, 0.2) is 58.9 Å². The van der Waals surface area contributed by atoms with E-state index in [1.807, 2.05) is 60.4 Å². The Labute approximate surface area is 165 Å². The first-order valence-electron chi connectivity index (χ1n) is 8.35. The number of hydrogen-bond donors (Lipinski definition) is 0. The number of amides is 1. The van der Waals surface area contributed by atoms with Gasteiger partial charge in [0, 0.05) is 12.2 Å². The molecule has 26 heavy (non-hydrogen) atoms. The van der Waals surface area contributed by atoms with E-state index >= 15 is 0 Å². The first-order valence-corrected chi connectivity index (χ1v) is 10.5. The van der Waals surface area contributed by atoms with Crippen molar-refractivity contribution in [2.24, 2.45) is 0 Å². The second kappa shape index (κ2) is 7.34. The lowest BCUT2D eigenvalue weighted by Gasteiger charge is -2.20. The van der Waals surface area contributed by atoms with Crippen LogP contribution in [0, 0.1) is 3.95 Å². The van der Waals surface area contributed by atoms with Crippen molar-refractivity contribution < 1.29 is 4.79 Å². The summed E-state index contributed by atoms with van der Waals surface area (Å²) in [6, 6.07) is 17.9. The van der Waals surface area contributed by atoms with E-state index in [1.165, 1.54) is 28.7 Å². The van der Waals surface area contributed by atoms with Gasteiger partial charge < -0.3 is 4.90 Å². The van der Waals surface area contributed by atoms with Crippen LogP contribution in [0.5, 0.6) is 0 Å². The SMILES string of the molecule is CC(Sc1nn(-c2ccccc2)c(=S)s1)C(=O)N1CCc2ccccc21. The lowest BCUT2D eigenvalue weighted by molar-refractivity contribution is -0.117. The fourth-order valence-electron chi connectivity index (χ4n) is 3.03. The molecule has 0 saturated heterocycles. The number of nitrogens with zero attached hydrogens (tertiary/aromatic N) is 3. The van der Waals surface area contributed by atoms with Gasteiger partial charge in [-0.05, 0) is 49.3 Å². The van der Waals surface area contributed by atoms with Gasteiger partial charge in [0.05, 0.1) is 10.9 Å². The summed E-state index contributed by atoms with van der Waals surface area (Å²) in [5.41, 5.74) is 3.21. The van der Waals surface area contributed by atoms with Gasteiger partial charge in [-0.25, -0.2) is 4.68 Å². The van der Waals surface area contributed by atoms with Crippen molar-refractivity contribution in [3.8, 4) is 5.69 Å². The second-order valence-electron chi connectivity index (χ2n) is 6.01. The third-order valence-electron chi connectivity index (χ3n) is 4.31. The van der Waals surface area contributed by atoms with E-state index in [2.05, 4.69) is 11.2 Å². The van der Waals surface area contributed by atoms with Crippen LogP contribution in [0.2, 0.25) is 0 Å². The van der Waals surface area contributed by atoms with Gasteiger partial charge in [-0.1, -0.05) is 59.5 Å². The third kappa shape index (κ3) is 3.34. The normalized spacial score (nSPS) is 14.3. The lowest BCUT2D eigenvalue weighted by Crippen LogP contribution is -2.35. The highest BCUT2D eigenvalue weighted by Gasteiger charge is 2.28. The van der Waals surface area contributed by atoms with Crippen molar-refractivity contribution in [3.63, 3.8) is 0 Å². The third-order valence-corrected chi connectivity index (χ3v) is 6.71. The average molecular weight is 400 g/mol. The van der Waals surface area contributed by atoms with E-state index in [-0.39, 0.29) is 11.2 Å². The van der Waals surface area contributed by atoms with Crippen LogP contribution >= 0.6 is 35.3 Å². The molecular weight excluding hydrogens is 382 g/mol. The van der Waals surface area contributed by atoms with E-state index in [1.54, 1.807) is 4.68 Å². The fourth-order valence-corrected chi connectivity index (χ4v) is 5.60. The van der Waals surface area contributed by atoms with Gasteiger partial charge in [-0.2, -0.15) is 0 Å². The maximum absolute atomic E-state index is 12.9. The molecule has 1 aliphatic rings. The molecule has 1 aliphatic heterocycles. The molecule has 1 atom stereocenters. The zero-order valence-electron chi connectivity index (χ0n) is 14.2. The van der Waals surface area contributed by atoms with Crippen LogP contribution in [-0.4, -0.2) is 27.5 Å². The summed E-state index contributed by atoms with van der Waals surface area (Å²) in [5.74, 6) is 0.118. The molecule has 0 saturated carbocycles. The molecule has 0 N–H and O–H groups in total. The van der Waals surface area contributed by atoms with Crippen LogP contribution < -0.4 is 4.90 Å². The van der Waals surface area contributed by atoms with Gasteiger partial charge in [0.25, 0.3) is 0 Å². The summed E-state index contributed by atoms with van der Waals surface area (Å²) in [6.45, 7) is 2.68.